The molecule has 0 aliphatic rings. The molecule has 0 saturated heterocycles. The lowest BCUT2D eigenvalue weighted by Gasteiger charge is -2.11. The summed E-state index contributed by atoms with van der Waals surface area (Å²) < 4.78 is 0. The highest BCUT2D eigenvalue weighted by Crippen LogP contribution is 2.26. The van der Waals surface area contributed by atoms with Crippen molar-refractivity contribution < 1.29 is 0 Å². The maximum Gasteiger partial charge on any atom is 0.227 e. The van der Waals surface area contributed by atoms with E-state index in [-0.39, 0.29) is 0 Å². The van der Waals surface area contributed by atoms with Crippen LogP contribution < -0.4 is 10.6 Å². The number of halogens is 1. The third-order valence-corrected chi connectivity index (χ3v) is 4.47. The van der Waals surface area contributed by atoms with Gasteiger partial charge in [-0.2, -0.15) is 9.97 Å². The second-order valence-electron chi connectivity index (χ2n) is 6.05. The summed E-state index contributed by atoms with van der Waals surface area (Å²) in [7, 11) is 0. The molecule has 0 spiro atoms. The van der Waals surface area contributed by atoms with Crippen molar-refractivity contribution in [2.75, 3.05) is 10.6 Å². The fourth-order valence-electron chi connectivity index (χ4n) is 2.61. The monoisotopic (exact) mass is 376 g/mol. The Bertz CT molecular complexity index is 1080. The Morgan fingerprint density at radius 2 is 1.78 bits per heavy atom. The lowest BCUT2D eigenvalue weighted by molar-refractivity contribution is 1.06. The molecule has 0 fully saturated rings. The molecule has 0 bridgehead atoms. The first-order valence-electron chi connectivity index (χ1n) is 8.49. The smallest absolute Gasteiger partial charge is 0.227 e. The first-order valence-corrected chi connectivity index (χ1v) is 8.86. The molecule has 0 saturated carbocycles. The Morgan fingerprint density at radius 1 is 0.963 bits per heavy atom. The SMILES string of the molecule is Cc1ccc(Nc2nc(NCc3ccccc3)nc3nccnc23)cc1Cl. The average molecular weight is 377 g/mol. The highest BCUT2D eigenvalue weighted by atomic mass is 35.5. The van der Waals surface area contributed by atoms with Crippen LogP contribution in [0, 0.1) is 6.92 Å². The molecule has 0 amide bonds. The number of benzene rings is 2. The van der Waals surface area contributed by atoms with Crippen LogP contribution in [0.3, 0.4) is 0 Å². The van der Waals surface area contributed by atoms with Crippen LogP contribution in [0.5, 0.6) is 0 Å². The second-order valence-corrected chi connectivity index (χ2v) is 6.46. The van der Waals surface area contributed by atoms with E-state index >= 15 is 0 Å². The van der Waals surface area contributed by atoms with Gasteiger partial charge in [-0.15, -0.1) is 0 Å². The van der Waals surface area contributed by atoms with Crippen LogP contribution >= 0.6 is 11.6 Å². The Kier molecular flexibility index (Phi) is 4.80. The van der Waals surface area contributed by atoms with Gasteiger partial charge in [-0.05, 0) is 30.2 Å². The van der Waals surface area contributed by atoms with Gasteiger partial charge in [0.2, 0.25) is 5.95 Å². The van der Waals surface area contributed by atoms with E-state index in [2.05, 4.69) is 30.6 Å². The van der Waals surface area contributed by atoms with Crippen molar-refractivity contribution in [2.24, 2.45) is 0 Å². The molecule has 6 nitrogen and oxygen atoms in total. The molecule has 2 N–H and O–H groups in total. The summed E-state index contributed by atoms with van der Waals surface area (Å²) >= 11 is 6.23. The van der Waals surface area contributed by atoms with Gasteiger partial charge in [0.05, 0.1) is 0 Å². The Morgan fingerprint density at radius 3 is 2.59 bits per heavy atom. The van der Waals surface area contributed by atoms with Gasteiger partial charge in [-0.25, -0.2) is 9.97 Å². The molecule has 0 atom stereocenters. The average Bonchev–Trinajstić information content (AvgIpc) is 2.70. The van der Waals surface area contributed by atoms with E-state index in [0.29, 0.717) is 34.5 Å². The molecular formula is C20H17ClN6. The second kappa shape index (κ2) is 7.55. The predicted octanol–water partition coefficient (Wildman–Crippen LogP) is 4.74. The minimum absolute atomic E-state index is 0.479. The zero-order valence-electron chi connectivity index (χ0n) is 14.6. The first-order chi connectivity index (χ1) is 13.2. The zero-order valence-corrected chi connectivity index (χ0v) is 15.4. The van der Waals surface area contributed by atoms with Crippen molar-refractivity contribution >= 4 is 40.2 Å². The summed E-state index contributed by atoms with van der Waals surface area (Å²) in [4.78, 5) is 17.7. The Hall–Kier alpha value is -3.25. The van der Waals surface area contributed by atoms with Crippen molar-refractivity contribution in [1.82, 2.24) is 19.9 Å². The van der Waals surface area contributed by atoms with E-state index in [1.807, 2.05) is 55.5 Å². The van der Waals surface area contributed by atoms with Crippen molar-refractivity contribution in [3.8, 4) is 0 Å². The molecule has 4 aromatic rings. The lowest BCUT2D eigenvalue weighted by Crippen LogP contribution is -2.07. The molecule has 2 aromatic carbocycles. The van der Waals surface area contributed by atoms with Gasteiger partial charge in [0.15, 0.2) is 17.0 Å². The molecule has 0 aliphatic heterocycles. The summed E-state index contributed by atoms with van der Waals surface area (Å²) in [6.07, 6.45) is 3.24. The minimum Gasteiger partial charge on any atom is -0.350 e. The van der Waals surface area contributed by atoms with Crippen LogP contribution in [0.25, 0.3) is 11.2 Å². The van der Waals surface area contributed by atoms with E-state index < -0.39 is 0 Å². The number of rotatable bonds is 5. The van der Waals surface area contributed by atoms with E-state index in [0.717, 1.165) is 16.8 Å². The van der Waals surface area contributed by atoms with Crippen LogP contribution in [-0.4, -0.2) is 19.9 Å². The van der Waals surface area contributed by atoms with Crippen LogP contribution in [0.15, 0.2) is 60.9 Å². The van der Waals surface area contributed by atoms with Crippen molar-refractivity contribution in [3.63, 3.8) is 0 Å². The molecule has 0 unspecified atom stereocenters. The van der Waals surface area contributed by atoms with Crippen LogP contribution in [0.4, 0.5) is 17.5 Å². The van der Waals surface area contributed by atoms with E-state index in [1.54, 1.807) is 12.4 Å². The third-order valence-electron chi connectivity index (χ3n) is 4.06. The molecule has 2 heterocycles. The van der Waals surface area contributed by atoms with Gasteiger partial charge in [-0.3, -0.25) is 0 Å². The van der Waals surface area contributed by atoms with E-state index in [9.17, 15) is 0 Å². The number of nitrogens with zero attached hydrogens (tertiary/aromatic N) is 4. The molecule has 7 heteroatoms. The zero-order chi connectivity index (χ0) is 18.6. The van der Waals surface area contributed by atoms with Gasteiger partial charge < -0.3 is 10.6 Å². The summed E-state index contributed by atoms with van der Waals surface area (Å²) in [6, 6.07) is 15.8. The molecule has 134 valence electrons. The Labute approximate surface area is 161 Å². The predicted molar refractivity (Wildman–Crippen MR) is 108 cm³/mol. The largest absolute Gasteiger partial charge is 0.350 e. The number of aryl methyl sites for hydroxylation is 1. The van der Waals surface area contributed by atoms with E-state index in [1.165, 1.54) is 0 Å². The minimum atomic E-state index is 0.479. The highest BCUT2D eigenvalue weighted by molar-refractivity contribution is 6.31. The lowest BCUT2D eigenvalue weighted by atomic mass is 10.2. The Balaban J connectivity index is 1.66. The maximum absolute atomic E-state index is 6.23. The fraction of sp³-hybridized carbons (Fsp3) is 0.100. The van der Waals surface area contributed by atoms with Crippen LogP contribution in [0.1, 0.15) is 11.1 Å². The van der Waals surface area contributed by atoms with Crippen LogP contribution in [0.2, 0.25) is 5.02 Å². The number of aromatic nitrogens is 4. The summed E-state index contributed by atoms with van der Waals surface area (Å²) in [5.41, 5.74) is 4.09. The molecular weight excluding hydrogens is 360 g/mol. The molecule has 2 aromatic heterocycles. The van der Waals surface area contributed by atoms with Crippen molar-refractivity contribution in [3.05, 3.63) is 77.1 Å². The third kappa shape index (κ3) is 3.96. The summed E-state index contributed by atoms with van der Waals surface area (Å²) in [5, 5.41) is 7.21. The summed E-state index contributed by atoms with van der Waals surface area (Å²) in [6.45, 7) is 2.58. The van der Waals surface area contributed by atoms with Crippen molar-refractivity contribution in [2.45, 2.75) is 13.5 Å². The number of hydrogen-bond donors (Lipinski definition) is 2. The number of hydrogen-bond acceptors (Lipinski definition) is 6. The molecule has 0 aliphatic carbocycles. The number of anilines is 3. The van der Waals surface area contributed by atoms with E-state index in [4.69, 9.17) is 11.6 Å². The first kappa shape index (κ1) is 17.2. The summed E-state index contributed by atoms with van der Waals surface area (Å²) in [5.74, 6) is 1.05. The normalized spacial score (nSPS) is 10.7. The molecule has 27 heavy (non-hydrogen) atoms. The fourth-order valence-corrected chi connectivity index (χ4v) is 2.79. The molecule has 4 rings (SSSR count). The van der Waals surface area contributed by atoms with Gasteiger partial charge in [0.25, 0.3) is 0 Å². The number of fused-ring (bicyclic) bond motifs is 1. The highest BCUT2D eigenvalue weighted by Gasteiger charge is 2.11. The van der Waals surface area contributed by atoms with Crippen LogP contribution in [-0.2, 0) is 6.54 Å². The number of nitrogens with one attached hydrogen (secondary N) is 2. The quantitative estimate of drug-likeness (QED) is 0.524. The van der Waals surface area contributed by atoms with Gasteiger partial charge >= 0.3 is 0 Å². The maximum atomic E-state index is 6.23. The molecule has 0 radical (unpaired) electrons. The van der Waals surface area contributed by atoms with Gasteiger partial charge in [0.1, 0.15) is 0 Å². The topological polar surface area (TPSA) is 75.6 Å². The van der Waals surface area contributed by atoms with Gasteiger partial charge in [0, 0.05) is 29.6 Å². The standard InChI is InChI=1S/C20H17ClN6/c1-13-7-8-15(11-16(13)21)25-19-17-18(23-10-9-22-17)26-20(27-19)24-12-14-5-3-2-4-6-14/h2-11H,12H2,1H3,(H2,23,24,25,26,27). The van der Waals surface area contributed by atoms with Crippen molar-refractivity contribution in [1.29, 1.82) is 0 Å². The van der Waals surface area contributed by atoms with Gasteiger partial charge in [-0.1, -0.05) is 48.0 Å².